The van der Waals surface area contributed by atoms with Gasteiger partial charge < -0.3 is 20.1 Å². The normalized spacial score (nSPS) is 19.1. The van der Waals surface area contributed by atoms with Crippen molar-refractivity contribution < 1.29 is 24.2 Å². The number of nitrogens with zero attached hydrogens (tertiary/aromatic N) is 1. The number of aliphatic carboxylic acids is 1. The number of carbonyl (C=O) groups is 3. The van der Waals surface area contributed by atoms with Crippen LogP contribution in [0.25, 0.3) is 11.1 Å². The van der Waals surface area contributed by atoms with Crippen molar-refractivity contribution in [3.05, 3.63) is 59.7 Å². The number of carboxylic acid groups (broad SMARTS) is 1. The minimum absolute atomic E-state index is 0.00669. The number of ether oxygens (including phenoxy) is 1. The number of benzene rings is 2. The minimum Gasteiger partial charge on any atom is -0.480 e. The van der Waals surface area contributed by atoms with Crippen molar-refractivity contribution in [2.45, 2.75) is 51.5 Å². The molecule has 0 bridgehead atoms. The molecule has 2 aromatic rings. The van der Waals surface area contributed by atoms with Crippen LogP contribution >= 0.6 is 0 Å². The monoisotopic (exact) mass is 478 g/mol. The predicted molar refractivity (Wildman–Crippen MR) is 133 cm³/mol. The summed E-state index contributed by atoms with van der Waals surface area (Å²) in [6.07, 6.45) is 2.95. The number of hydrogen-bond acceptors (Lipinski definition) is 4. The molecule has 1 fully saturated rings. The van der Waals surface area contributed by atoms with Gasteiger partial charge in [-0.15, -0.1) is 0 Å². The molecule has 0 saturated heterocycles. The fourth-order valence-corrected chi connectivity index (χ4v) is 5.51. The van der Waals surface area contributed by atoms with E-state index in [1.807, 2.05) is 38.1 Å². The van der Waals surface area contributed by atoms with Crippen LogP contribution in [0.4, 0.5) is 4.79 Å². The van der Waals surface area contributed by atoms with E-state index in [0.717, 1.165) is 30.4 Å². The molecule has 7 nitrogen and oxygen atoms in total. The zero-order valence-electron chi connectivity index (χ0n) is 20.4. The topological polar surface area (TPSA) is 95.9 Å². The summed E-state index contributed by atoms with van der Waals surface area (Å²) in [6.45, 7) is 3.93. The lowest BCUT2D eigenvalue weighted by Gasteiger charge is -2.36. The Morgan fingerprint density at radius 2 is 1.60 bits per heavy atom. The zero-order valence-corrected chi connectivity index (χ0v) is 20.4. The number of nitrogens with one attached hydrogen (secondary N) is 1. The average molecular weight is 479 g/mol. The van der Waals surface area contributed by atoms with E-state index in [0.29, 0.717) is 13.0 Å². The van der Waals surface area contributed by atoms with E-state index in [-0.39, 0.29) is 42.9 Å². The summed E-state index contributed by atoms with van der Waals surface area (Å²) in [6, 6.07) is 16.2. The number of fused-ring (bicyclic) bond motifs is 3. The van der Waals surface area contributed by atoms with Crippen LogP contribution < -0.4 is 5.32 Å². The highest BCUT2D eigenvalue weighted by atomic mass is 16.5. The molecule has 2 N–H and O–H groups in total. The number of alkyl carbamates (subject to hydrolysis) is 1. The van der Waals surface area contributed by atoms with E-state index in [1.54, 1.807) is 0 Å². The number of hydrogen-bond donors (Lipinski definition) is 2. The second-order valence-electron chi connectivity index (χ2n) is 9.81. The third-order valence-corrected chi connectivity index (χ3v) is 7.29. The van der Waals surface area contributed by atoms with Crippen LogP contribution in [0.2, 0.25) is 0 Å². The molecule has 0 spiro atoms. The van der Waals surface area contributed by atoms with Crippen LogP contribution in [0.5, 0.6) is 0 Å². The standard InChI is InChI=1S/C28H34N2O5/c1-18(2)30(16-26(31)32)27(33)20-10-4-3-9-19(20)15-29-28(34)35-17-25-23-13-7-5-11-21(23)22-12-6-8-14-24(22)25/h5-8,11-14,18-20,25H,3-4,9-10,15-17H2,1-2H3,(H,29,34)(H,31,32)/t19-,20-/m1/s1. The Morgan fingerprint density at radius 3 is 2.20 bits per heavy atom. The van der Waals surface area contributed by atoms with Gasteiger partial charge in [0.05, 0.1) is 0 Å². The van der Waals surface area contributed by atoms with Crippen molar-refractivity contribution in [2.75, 3.05) is 19.7 Å². The maximum absolute atomic E-state index is 13.2. The molecule has 0 unspecified atom stereocenters. The highest BCUT2D eigenvalue weighted by molar-refractivity contribution is 5.84. The van der Waals surface area contributed by atoms with Crippen molar-refractivity contribution in [3.8, 4) is 11.1 Å². The summed E-state index contributed by atoms with van der Waals surface area (Å²) in [5, 5.41) is 12.1. The second-order valence-corrected chi connectivity index (χ2v) is 9.81. The van der Waals surface area contributed by atoms with Crippen molar-refractivity contribution in [1.82, 2.24) is 10.2 Å². The summed E-state index contributed by atoms with van der Waals surface area (Å²) in [4.78, 5) is 38.5. The molecule has 0 aromatic heterocycles. The van der Waals surface area contributed by atoms with Crippen molar-refractivity contribution in [1.29, 1.82) is 0 Å². The molecule has 2 aromatic carbocycles. The van der Waals surface area contributed by atoms with Crippen LogP contribution in [-0.4, -0.2) is 53.7 Å². The third kappa shape index (κ3) is 5.50. The van der Waals surface area contributed by atoms with Crippen molar-refractivity contribution >= 4 is 18.0 Å². The van der Waals surface area contributed by atoms with Crippen LogP contribution in [0.15, 0.2) is 48.5 Å². The van der Waals surface area contributed by atoms with Gasteiger partial charge in [0.25, 0.3) is 0 Å². The van der Waals surface area contributed by atoms with Gasteiger partial charge in [-0.1, -0.05) is 61.4 Å². The van der Waals surface area contributed by atoms with Crippen LogP contribution in [0.3, 0.4) is 0 Å². The predicted octanol–water partition coefficient (Wildman–Crippen LogP) is 4.65. The lowest BCUT2D eigenvalue weighted by Crippen LogP contribution is -2.48. The Morgan fingerprint density at radius 1 is 1.00 bits per heavy atom. The number of carboxylic acids is 1. The molecular formula is C28H34N2O5. The lowest BCUT2D eigenvalue weighted by molar-refractivity contribution is -0.149. The minimum atomic E-state index is -1.02. The van der Waals surface area contributed by atoms with E-state index >= 15 is 0 Å². The fourth-order valence-electron chi connectivity index (χ4n) is 5.51. The highest BCUT2D eigenvalue weighted by Crippen LogP contribution is 2.44. The molecular weight excluding hydrogens is 444 g/mol. The third-order valence-electron chi connectivity index (χ3n) is 7.29. The first-order chi connectivity index (χ1) is 16.9. The van der Waals surface area contributed by atoms with Gasteiger partial charge in [0.15, 0.2) is 0 Å². The van der Waals surface area contributed by atoms with E-state index in [2.05, 4.69) is 29.6 Å². The molecule has 2 amide bonds. The average Bonchev–Trinajstić information content (AvgIpc) is 3.18. The van der Waals surface area contributed by atoms with Gasteiger partial charge in [-0.2, -0.15) is 0 Å². The van der Waals surface area contributed by atoms with Crippen LogP contribution in [-0.2, 0) is 14.3 Å². The smallest absolute Gasteiger partial charge is 0.407 e. The summed E-state index contributed by atoms with van der Waals surface area (Å²) in [5.74, 6) is -1.49. The van der Waals surface area contributed by atoms with Crippen LogP contribution in [0, 0.1) is 11.8 Å². The zero-order chi connectivity index (χ0) is 24.9. The van der Waals surface area contributed by atoms with Gasteiger partial charge in [0.2, 0.25) is 5.91 Å². The maximum atomic E-state index is 13.2. The number of rotatable bonds is 8. The highest BCUT2D eigenvalue weighted by Gasteiger charge is 2.35. The second kappa shape index (κ2) is 10.9. The van der Waals surface area contributed by atoms with Gasteiger partial charge in [0, 0.05) is 24.4 Å². The summed E-state index contributed by atoms with van der Waals surface area (Å²) >= 11 is 0. The van der Waals surface area contributed by atoms with Gasteiger partial charge in [0.1, 0.15) is 13.2 Å². The van der Waals surface area contributed by atoms with E-state index in [1.165, 1.54) is 16.0 Å². The van der Waals surface area contributed by atoms with Gasteiger partial charge >= 0.3 is 12.1 Å². The molecule has 4 rings (SSSR count). The molecule has 1 saturated carbocycles. The summed E-state index contributed by atoms with van der Waals surface area (Å²) in [5.41, 5.74) is 4.67. The molecule has 2 aliphatic carbocycles. The van der Waals surface area contributed by atoms with E-state index < -0.39 is 12.1 Å². The molecule has 0 radical (unpaired) electrons. The molecule has 35 heavy (non-hydrogen) atoms. The number of carbonyl (C=O) groups excluding carboxylic acids is 2. The molecule has 2 atom stereocenters. The molecule has 0 aliphatic heterocycles. The lowest BCUT2D eigenvalue weighted by atomic mass is 9.78. The van der Waals surface area contributed by atoms with Gasteiger partial charge in [-0.25, -0.2) is 4.79 Å². The Hall–Kier alpha value is -3.35. The Labute approximate surface area is 206 Å². The first kappa shape index (κ1) is 24.8. The number of amides is 2. The van der Waals surface area contributed by atoms with Crippen molar-refractivity contribution in [2.24, 2.45) is 11.8 Å². The molecule has 7 heteroatoms. The quantitative estimate of drug-likeness (QED) is 0.576. The van der Waals surface area contributed by atoms with Gasteiger partial charge in [-0.05, 0) is 54.9 Å². The van der Waals surface area contributed by atoms with E-state index in [9.17, 15) is 19.5 Å². The maximum Gasteiger partial charge on any atom is 0.407 e. The Bertz CT molecular complexity index is 1040. The van der Waals surface area contributed by atoms with Crippen molar-refractivity contribution in [3.63, 3.8) is 0 Å². The molecule has 186 valence electrons. The fraction of sp³-hybridized carbons (Fsp3) is 0.464. The molecule has 2 aliphatic rings. The largest absolute Gasteiger partial charge is 0.480 e. The Kier molecular flexibility index (Phi) is 7.73. The van der Waals surface area contributed by atoms with Gasteiger partial charge in [-0.3, -0.25) is 9.59 Å². The summed E-state index contributed by atoms with van der Waals surface area (Å²) in [7, 11) is 0. The first-order valence-electron chi connectivity index (χ1n) is 12.5. The first-order valence-corrected chi connectivity index (χ1v) is 12.5. The van der Waals surface area contributed by atoms with Crippen LogP contribution in [0.1, 0.15) is 56.6 Å². The SMILES string of the molecule is CC(C)N(CC(=O)O)C(=O)[C@@H]1CCCC[C@@H]1CNC(=O)OCC1c2ccccc2-c2ccccc21. The Balaban J connectivity index is 1.36. The van der Waals surface area contributed by atoms with E-state index in [4.69, 9.17) is 4.74 Å². The molecule has 0 heterocycles. The summed E-state index contributed by atoms with van der Waals surface area (Å²) < 4.78 is 5.64.